The lowest BCUT2D eigenvalue weighted by Gasteiger charge is -2.24. The number of amides is 1. The van der Waals surface area contributed by atoms with E-state index in [1.165, 1.54) is 24.6 Å². The SMILES string of the molecule is O=C(/C=C/c1ccc([N+](=O)[O-])o1)OCC(=O)N1CCCCCCC1. The van der Waals surface area contributed by atoms with Gasteiger partial charge in [-0.2, -0.15) is 0 Å². The van der Waals surface area contributed by atoms with E-state index in [-0.39, 0.29) is 18.3 Å². The van der Waals surface area contributed by atoms with Gasteiger partial charge in [-0.05, 0) is 25.0 Å². The smallest absolute Gasteiger partial charge is 0.433 e. The second kappa shape index (κ2) is 8.85. The topological polar surface area (TPSA) is 103 Å². The normalized spacial score (nSPS) is 15.8. The van der Waals surface area contributed by atoms with Gasteiger partial charge in [0, 0.05) is 19.2 Å². The number of carbonyl (C=O) groups excluding carboxylic acids is 2. The Balaban J connectivity index is 1.77. The number of ether oxygens (including phenoxy) is 1. The largest absolute Gasteiger partial charge is 0.452 e. The Labute approximate surface area is 139 Å². The van der Waals surface area contributed by atoms with Crippen molar-refractivity contribution in [2.75, 3.05) is 19.7 Å². The Kier molecular flexibility index (Phi) is 6.53. The van der Waals surface area contributed by atoms with E-state index >= 15 is 0 Å². The van der Waals surface area contributed by atoms with E-state index in [0.29, 0.717) is 13.1 Å². The van der Waals surface area contributed by atoms with E-state index in [1.54, 1.807) is 4.90 Å². The molecule has 1 fully saturated rings. The Morgan fingerprint density at radius 2 is 1.88 bits per heavy atom. The van der Waals surface area contributed by atoms with Crippen LogP contribution in [-0.4, -0.2) is 41.4 Å². The number of nitrogens with zero attached hydrogens (tertiary/aromatic N) is 2. The summed E-state index contributed by atoms with van der Waals surface area (Å²) in [5.41, 5.74) is 0. The molecule has 2 rings (SSSR count). The second-order valence-electron chi connectivity index (χ2n) is 5.52. The van der Waals surface area contributed by atoms with Crippen LogP contribution in [0.4, 0.5) is 5.88 Å². The first kappa shape index (κ1) is 17.7. The van der Waals surface area contributed by atoms with Crippen molar-refractivity contribution in [2.24, 2.45) is 0 Å². The maximum atomic E-state index is 12.1. The van der Waals surface area contributed by atoms with Gasteiger partial charge in [-0.1, -0.05) is 19.3 Å². The monoisotopic (exact) mass is 336 g/mol. The van der Waals surface area contributed by atoms with Gasteiger partial charge in [0.2, 0.25) is 0 Å². The van der Waals surface area contributed by atoms with E-state index in [2.05, 4.69) is 0 Å². The van der Waals surface area contributed by atoms with Crippen LogP contribution in [0, 0.1) is 10.1 Å². The van der Waals surface area contributed by atoms with Gasteiger partial charge in [0.1, 0.15) is 10.7 Å². The predicted molar refractivity (Wildman–Crippen MR) is 85.0 cm³/mol. The van der Waals surface area contributed by atoms with Crippen molar-refractivity contribution in [3.05, 3.63) is 34.1 Å². The highest BCUT2D eigenvalue weighted by Crippen LogP contribution is 2.16. The lowest BCUT2D eigenvalue weighted by Crippen LogP contribution is -2.36. The molecule has 1 aliphatic heterocycles. The fourth-order valence-corrected chi connectivity index (χ4v) is 2.45. The summed E-state index contributed by atoms with van der Waals surface area (Å²) in [6, 6.07) is 2.56. The molecule has 0 aliphatic carbocycles. The first-order valence-corrected chi connectivity index (χ1v) is 7.93. The third kappa shape index (κ3) is 5.53. The molecule has 8 heteroatoms. The molecule has 1 aromatic rings. The van der Waals surface area contributed by atoms with Crippen molar-refractivity contribution in [3.63, 3.8) is 0 Å². The summed E-state index contributed by atoms with van der Waals surface area (Å²) >= 11 is 0. The zero-order valence-corrected chi connectivity index (χ0v) is 13.3. The molecule has 0 N–H and O–H groups in total. The van der Waals surface area contributed by atoms with E-state index in [4.69, 9.17) is 9.15 Å². The van der Waals surface area contributed by atoms with Crippen molar-refractivity contribution < 1.29 is 23.7 Å². The number of hydrogen-bond donors (Lipinski definition) is 0. The van der Waals surface area contributed by atoms with Gasteiger partial charge < -0.3 is 14.1 Å². The molecule has 1 amide bonds. The molecule has 130 valence electrons. The zero-order chi connectivity index (χ0) is 17.4. The molecule has 0 atom stereocenters. The maximum absolute atomic E-state index is 12.1. The number of nitro groups is 1. The summed E-state index contributed by atoms with van der Waals surface area (Å²) in [7, 11) is 0. The maximum Gasteiger partial charge on any atom is 0.433 e. The summed E-state index contributed by atoms with van der Waals surface area (Å²) in [5.74, 6) is -1.15. The first-order valence-electron chi connectivity index (χ1n) is 7.93. The molecule has 0 bridgehead atoms. The average molecular weight is 336 g/mol. The molecule has 0 unspecified atom stereocenters. The van der Waals surface area contributed by atoms with Crippen molar-refractivity contribution >= 4 is 23.8 Å². The van der Waals surface area contributed by atoms with Gasteiger partial charge in [-0.15, -0.1) is 0 Å². The van der Waals surface area contributed by atoms with Crippen molar-refractivity contribution in [1.82, 2.24) is 4.90 Å². The number of esters is 1. The first-order chi connectivity index (χ1) is 11.6. The Bertz CT molecular complexity index is 614. The standard InChI is InChI=1S/C16H20N2O6/c19-14(17-10-4-2-1-3-5-11-17)12-23-16(20)9-7-13-6-8-15(24-13)18(21)22/h6-9H,1-5,10-12H2/b9-7+. The van der Waals surface area contributed by atoms with Gasteiger partial charge in [-0.3, -0.25) is 14.9 Å². The summed E-state index contributed by atoms with van der Waals surface area (Å²) < 4.78 is 9.79. The van der Waals surface area contributed by atoms with Crippen LogP contribution in [0.5, 0.6) is 0 Å². The number of furan rings is 1. The third-order valence-corrected chi connectivity index (χ3v) is 3.72. The van der Waals surface area contributed by atoms with Crippen LogP contribution in [0.2, 0.25) is 0 Å². The highest BCUT2D eigenvalue weighted by atomic mass is 16.6. The van der Waals surface area contributed by atoms with Gasteiger partial charge in [0.25, 0.3) is 5.91 Å². The van der Waals surface area contributed by atoms with Crippen LogP contribution in [0.25, 0.3) is 6.08 Å². The van der Waals surface area contributed by atoms with Gasteiger partial charge in [0.15, 0.2) is 6.61 Å². The lowest BCUT2D eigenvalue weighted by atomic mass is 10.1. The van der Waals surface area contributed by atoms with E-state index in [1.807, 2.05) is 0 Å². The molecule has 0 radical (unpaired) electrons. The summed E-state index contributed by atoms with van der Waals surface area (Å²) in [4.78, 5) is 35.2. The predicted octanol–water partition coefficient (Wildman–Crippen LogP) is 2.54. The van der Waals surface area contributed by atoms with Crippen LogP contribution >= 0.6 is 0 Å². The summed E-state index contributed by atoms with van der Waals surface area (Å²) in [6.45, 7) is 1.09. The zero-order valence-electron chi connectivity index (χ0n) is 13.3. The molecule has 2 heterocycles. The molecule has 1 aliphatic rings. The molecule has 1 saturated heterocycles. The Morgan fingerprint density at radius 1 is 1.21 bits per heavy atom. The molecular formula is C16H20N2O6. The van der Waals surface area contributed by atoms with Gasteiger partial charge in [-0.25, -0.2) is 4.79 Å². The average Bonchev–Trinajstić information content (AvgIpc) is 2.99. The fraction of sp³-hybridized carbons (Fsp3) is 0.500. The quantitative estimate of drug-likeness (QED) is 0.354. The lowest BCUT2D eigenvalue weighted by molar-refractivity contribution is -0.402. The highest BCUT2D eigenvalue weighted by molar-refractivity contribution is 5.89. The van der Waals surface area contributed by atoms with Crippen LogP contribution in [-0.2, 0) is 14.3 Å². The third-order valence-electron chi connectivity index (χ3n) is 3.72. The number of carbonyl (C=O) groups is 2. The summed E-state index contributed by atoms with van der Waals surface area (Å²) in [5, 5.41) is 10.5. The molecule has 1 aromatic heterocycles. The summed E-state index contributed by atoms with van der Waals surface area (Å²) in [6.07, 6.45) is 7.70. The molecule has 0 aromatic carbocycles. The van der Waals surface area contributed by atoms with Crippen molar-refractivity contribution in [2.45, 2.75) is 32.1 Å². The van der Waals surface area contributed by atoms with Crippen LogP contribution in [0.15, 0.2) is 22.6 Å². The van der Waals surface area contributed by atoms with Crippen LogP contribution < -0.4 is 0 Å². The minimum atomic E-state index is -0.700. The molecule has 24 heavy (non-hydrogen) atoms. The molecule has 0 spiro atoms. The Morgan fingerprint density at radius 3 is 2.50 bits per heavy atom. The number of hydrogen-bond acceptors (Lipinski definition) is 6. The van der Waals surface area contributed by atoms with Crippen molar-refractivity contribution in [3.8, 4) is 0 Å². The minimum absolute atomic E-state index is 0.161. The molecular weight excluding hydrogens is 316 g/mol. The van der Waals surface area contributed by atoms with Gasteiger partial charge >= 0.3 is 11.9 Å². The van der Waals surface area contributed by atoms with Crippen LogP contribution in [0.1, 0.15) is 37.9 Å². The van der Waals surface area contributed by atoms with E-state index < -0.39 is 16.8 Å². The fourth-order valence-electron chi connectivity index (χ4n) is 2.45. The van der Waals surface area contributed by atoms with Crippen molar-refractivity contribution in [1.29, 1.82) is 0 Å². The van der Waals surface area contributed by atoms with E-state index in [9.17, 15) is 19.7 Å². The number of rotatable bonds is 5. The minimum Gasteiger partial charge on any atom is -0.452 e. The molecule has 0 saturated carbocycles. The highest BCUT2D eigenvalue weighted by Gasteiger charge is 2.16. The van der Waals surface area contributed by atoms with Gasteiger partial charge in [0.05, 0.1) is 6.07 Å². The molecule has 8 nitrogen and oxygen atoms in total. The van der Waals surface area contributed by atoms with Crippen LogP contribution in [0.3, 0.4) is 0 Å². The second-order valence-corrected chi connectivity index (χ2v) is 5.52. The Hall–Kier alpha value is -2.64. The number of likely N-dealkylation sites (tertiary alicyclic amines) is 1. The van der Waals surface area contributed by atoms with E-state index in [0.717, 1.165) is 31.8 Å².